The van der Waals surface area contributed by atoms with Gasteiger partial charge in [-0.05, 0) is 37.1 Å². The lowest BCUT2D eigenvalue weighted by molar-refractivity contribution is -0.141. The van der Waals surface area contributed by atoms with Crippen LogP contribution in [0.4, 0.5) is 4.39 Å². The molecule has 4 nitrogen and oxygen atoms in total. The van der Waals surface area contributed by atoms with Crippen molar-refractivity contribution < 1.29 is 18.7 Å². The molecule has 1 aliphatic rings. The number of carbonyl (C=O) groups is 2. The highest BCUT2D eigenvalue weighted by Crippen LogP contribution is 2.25. The predicted octanol–water partition coefficient (Wildman–Crippen LogP) is 2.38. The van der Waals surface area contributed by atoms with Crippen LogP contribution in [-0.4, -0.2) is 36.5 Å². The maximum atomic E-state index is 12.9. The Balaban J connectivity index is 2.18. The van der Waals surface area contributed by atoms with Gasteiger partial charge in [-0.2, -0.15) is 0 Å². The largest absolute Gasteiger partial charge is 0.468 e. The van der Waals surface area contributed by atoms with Gasteiger partial charge in [0.05, 0.1) is 7.11 Å². The van der Waals surface area contributed by atoms with Crippen LogP contribution in [0.5, 0.6) is 0 Å². The first-order valence-corrected chi connectivity index (χ1v) is 6.75. The molecule has 0 atom stereocenters. The first-order valence-electron chi connectivity index (χ1n) is 6.75. The minimum atomic E-state index is -0.438. The summed E-state index contributed by atoms with van der Waals surface area (Å²) in [5.41, 5.74) is 0.391. The fourth-order valence-corrected chi connectivity index (χ4v) is 2.54. The molecular formula is C15H18FNO3. The Morgan fingerprint density at radius 1 is 1.25 bits per heavy atom. The molecule has 1 aliphatic carbocycles. The molecule has 0 aliphatic heterocycles. The number of hydrogen-bond donors (Lipinski definition) is 0. The summed E-state index contributed by atoms with van der Waals surface area (Å²) >= 11 is 0. The molecule has 1 aromatic rings. The van der Waals surface area contributed by atoms with E-state index in [2.05, 4.69) is 4.74 Å². The summed E-state index contributed by atoms with van der Waals surface area (Å²) in [7, 11) is 1.30. The van der Waals surface area contributed by atoms with Crippen LogP contribution in [0.3, 0.4) is 0 Å². The second kappa shape index (κ2) is 6.50. The Morgan fingerprint density at radius 2 is 1.85 bits per heavy atom. The van der Waals surface area contributed by atoms with E-state index >= 15 is 0 Å². The molecule has 0 aromatic heterocycles. The van der Waals surface area contributed by atoms with Gasteiger partial charge in [0.15, 0.2) is 0 Å². The summed E-state index contributed by atoms with van der Waals surface area (Å²) in [5.74, 6) is -1.07. The van der Waals surface area contributed by atoms with Gasteiger partial charge in [0.1, 0.15) is 12.4 Å². The molecule has 0 unspecified atom stereocenters. The Labute approximate surface area is 117 Å². The summed E-state index contributed by atoms with van der Waals surface area (Å²) in [6.45, 7) is -0.0582. The molecule has 0 radical (unpaired) electrons. The van der Waals surface area contributed by atoms with Gasteiger partial charge >= 0.3 is 5.97 Å². The van der Waals surface area contributed by atoms with Gasteiger partial charge in [-0.15, -0.1) is 0 Å². The highest BCUT2D eigenvalue weighted by atomic mass is 19.1. The molecule has 20 heavy (non-hydrogen) atoms. The van der Waals surface area contributed by atoms with Gasteiger partial charge in [-0.1, -0.05) is 12.8 Å². The molecule has 1 aromatic carbocycles. The average molecular weight is 279 g/mol. The summed E-state index contributed by atoms with van der Waals surface area (Å²) in [5, 5.41) is 0. The number of benzene rings is 1. The first kappa shape index (κ1) is 14.5. The van der Waals surface area contributed by atoms with Crippen LogP contribution in [0, 0.1) is 5.82 Å². The van der Waals surface area contributed by atoms with Crippen molar-refractivity contribution in [2.45, 2.75) is 31.7 Å². The zero-order chi connectivity index (χ0) is 14.5. The lowest BCUT2D eigenvalue weighted by Gasteiger charge is -2.28. The maximum absolute atomic E-state index is 12.9. The second-order valence-corrected chi connectivity index (χ2v) is 4.95. The number of amides is 1. The van der Waals surface area contributed by atoms with Gasteiger partial charge in [0.2, 0.25) is 0 Å². The van der Waals surface area contributed by atoms with E-state index in [-0.39, 0.29) is 24.3 Å². The lowest BCUT2D eigenvalue weighted by atomic mass is 10.1. The van der Waals surface area contributed by atoms with Crippen molar-refractivity contribution in [1.29, 1.82) is 0 Å². The van der Waals surface area contributed by atoms with Crippen LogP contribution in [0.1, 0.15) is 36.0 Å². The number of esters is 1. The van der Waals surface area contributed by atoms with E-state index in [9.17, 15) is 14.0 Å². The van der Waals surface area contributed by atoms with Crippen LogP contribution in [-0.2, 0) is 9.53 Å². The molecule has 2 rings (SSSR count). The normalized spacial score (nSPS) is 15.1. The van der Waals surface area contributed by atoms with E-state index in [1.54, 1.807) is 4.90 Å². The smallest absolute Gasteiger partial charge is 0.325 e. The van der Waals surface area contributed by atoms with Crippen LogP contribution >= 0.6 is 0 Å². The number of rotatable bonds is 4. The van der Waals surface area contributed by atoms with Gasteiger partial charge in [-0.3, -0.25) is 9.59 Å². The van der Waals surface area contributed by atoms with Gasteiger partial charge in [0.25, 0.3) is 5.91 Å². The monoisotopic (exact) mass is 279 g/mol. The number of carbonyl (C=O) groups excluding carboxylic acids is 2. The van der Waals surface area contributed by atoms with Crippen molar-refractivity contribution in [2.75, 3.05) is 13.7 Å². The molecule has 1 fully saturated rings. The van der Waals surface area contributed by atoms with Gasteiger partial charge in [0, 0.05) is 11.6 Å². The molecule has 0 saturated heterocycles. The summed E-state index contributed by atoms with van der Waals surface area (Å²) in [6.07, 6.45) is 3.89. The molecule has 1 saturated carbocycles. The second-order valence-electron chi connectivity index (χ2n) is 4.95. The van der Waals surface area contributed by atoms with Crippen LogP contribution in [0.25, 0.3) is 0 Å². The predicted molar refractivity (Wildman–Crippen MR) is 71.7 cm³/mol. The minimum Gasteiger partial charge on any atom is -0.468 e. The first-order chi connectivity index (χ1) is 9.61. The number of nitrogens with zero attached hydrogens (tertiary/aromatic N) is 1. The summed E-state index contributed by atoms with van der Waals surface area (Å²) in [6, 6.07) is 5.44. The molecule has 108 valence electrons. The molecule has 1 amide bonds. The fourth-order valence-electron chi connectivity index (χ4n) is 2.54. The third-order valence-electron chi connectivity index (χ3n) is 3.64. The van der Waals surface area contributed by atoms with Crippen molar-refractivity contribution in [3.05, 3.63) is 35.6 Å². The van der Waals surface area contributed by atoms with Crippen LogP contribution in [0.15, 0.2) is 24.3 Å². The minimum absolute atomic E-state index is 0.0582. The van der Waals surface area contributed by atoms with Crippen LogP contribution < -0.4 is 0 Å². The topological polar surface area (TPSA) is 46.6 Å². The van der Waals surface area contributed by atoms with E-state index in [4.69, 9.17) is 0 Å². The third-order valence-corrected chi connectivity index (χ3v) is 3.64. The van der Waals surface area contributed by atoms with Crippen molar-refractivity contribution in [3.8, 4) is 0 Å². The molecule has 0 bridgehead atoms. The Bertz CT molecular complexity index is 480. The van der Waals surface area contributed by atoms with Gasteiger partial charge < -0.3 is 9.64 Å². The SMILES string of the molecule is COC(=O)CN(C(=O)c1ccc(F)cc1)C1CCCC1. The maximum Gasteiger partial charge on any atom is 0.325 e. The zero-order valence-corrected chi connectivity index (χ0v) is 11.5. The van der Waals surface area contributed by atoms with E-state index in [0.29, 0.717) is 5.56 Å². The average Bonchev–Trinajstić information content (AvgIpc) is 2.98. The molecule has 5 heteroatoms. The van der Waals surface area contributed by atoms with Crippen molar-refractivity contribution in [3.63, 3.8) is 0 Å². The van der Waals surface area contributed by atoms with Gasteiger partial charge in [-0.25, -0.2) is 4.39 Å². The Kier molecular flexibility index (Phi) is 4.71. The summed E-state index contributed by atoms with van der Waals surface area (Å²) in [4.78, 5) is 25.5. The van der Waals surface area contributed by atoms with Crippen LogP contribution in [0.2, 0.25) is 0 Å². The van der Waals surface area contributed by atoms with E-state index in [1.807, 2.05) is 0 Å². The number of hydrogen-bond acceptors (Lipinski definition) is 3. The quantitative estimate of drug-likeness (QED) is 0.795. The van der Waals surface area contributed by atoms with Crippen molar-refractivity contribution >= 4 is 11.9 Å². The molecule has 0 spiro atoms. The standard InChI is InChI=1S/C15H18FNO3/c1-20-14(18)10-17(13-4-2-3-5-13)15(19)11-6-8-12(16)9-7-11/h6-9,13H,2-5,10H2,1H3. The highest BCUT2D eigenvalue weighted by molar-refractivity contribution is 5.96. The van der Waals surface area contributed by atoms with E-state index in [0.717, 1.165) is 25.7 Å². The Morgan fingerprint density at radius 3 is 2.40 bits per heavy atom. The number of methoxy groups -OCH3 is 1. The molecular weight excluding hydrogens is 261 g/mol. The molecule has 0 heterocycles. The Hall–Kier alpha value is -1.91. The lowest BCUT2D eigenvalue weighted by Crippen LogP contribution is -2.42. The highest BCUT2D eigenvalue weighted by Gasteiger charge is 2.29. The van der Waals surface area contributed by atoms with E-state index in [1.165, 1.54) is 31.4 Å². The third kappa shape index (κ3) is 3.35. The zero-order valence-electron chi connectivity index (χ0n) is 11.5. The number of ether oxygens (including phenoxy) is 1. The fraction of sp³-hybridized carbons (Fsp3) is 0.467. The van der Waals surface area contributed by atoms with Crippen molar-refractivity contribution in [2.24, 2.45) is 0 Å². The molecule has 0 N–H and O–H groups in total. The van der Waals surface area contributed by atoms with Crippen molar-refractivity contribution in [1.82, 2.24) is 4.90 Å². The summed E-state index contributed by atoms with van der Waals surface area (Å²) < 4.78 is 17.6. The number of halogens is 1. The van der Waals surface area contributed by atoms with E-state index < -0.39 is 5.97 Å².